The molecule has 116 valence electrons. The first-order chi connectivity index (χ1) is 10.1. The van der Waals surface area contributed by atoms with E-state index in [4.69, 9.17) is 4.74 Å². The van der Waals surface area contributed by atoms with Crippen molar-refractivity contribution >= 4 is 26.0 Å². The Morgan fingerprint density at radius 3 is 2.67 bits per heavy atom. The molecule has 0 N–H and O–H groups in total. The van der Waals surface area contributed by atoms with Gasteiger partial charge in [-0.1, -0.05) is 22.0 Å². The Balaban J connectivity index is 1.72. The van der Waals surface area contributed by atoms with Crippen molar-refractivity contribution in [2.45, 2.75) is 17.4 Å². The SMILES string of the molecule is O=S(=O)(c1cccc(Br)c1)N1CCC(N2CCOCC2)C1. The Bertz CT molecular complexity index is 602. The van der Waals surface area contributed by atoms with Gasteiger partial charge >= 0.3 is 0 Å². The van der Waals surface area contributed by atoms with Crippen LogP contribution in [-0.2, 0) is 14.8 Å². The lowest BCUT2D eigenvalue weighted by molar-refractivity contribution is 0.0197. The average Bonchev–Trinajstić information content (AvgIpc) is 2.99. The molecule has 0 bridgehead atoms. The number of sulfonamides is 1. The largest absolute Gasteiger partial charge is 0.379 e. The average molecular weight is 375 g/mol. The predicted molar refractivity (Wildman–Crippen MR) is 83.7 cm³/mol. The monoisotopic (exact) mass is 374 g/mol. The second-order valence-electron chi connectivity index (χ2n) is 5.41. The van der Waals surface area contributed by atoms with Crippen LogP contribution >= 0.6 is 15.9 Å². The van der Waals surface area contributed by atoms with E-state index in [1.807, 2.05) is 6.07 Å². The third-order valence-corrected chi connectivity index (χ3v) is 6.48. The smallest absolute Gasteiger partial charge is 0.243 e. The number of hydrogen-bond acceptors (Lipinski definition) is 4. The van der Waals surface area contributed by atoms with Gasteiger partial charge in [-0.3, -0.25) is 4.90 Å². The van der Waals surface area contributed by atoms with E-state index in [1.165, 1.54) is 0 Å². The van der Waals surface area contributed by atoms with Crippen LogP contribution in [0.15, 0.2) is 33.6 Å². The van der Waals surface area contributed by atoms with Crippen LogP contribution in [0, 0.1) is 0 Å². The standard InChI is InChI=1S/C14H19BrN2O3S/c15-12-2-1-3-14(10-12)21(18,19)17-5-4-13(11-17)16-6-8-20-9-7-16/h1-3,10,13H,4-9,11H2. The van der Waals surface area contributed by atoms with E-state index in [9.17, 15) is 8.42 Å². The first kappa shape index (κ1) is 15.4. The van der Waals surface area contributed by atoms with Gasteiger partial charge < -0.3 is 4.74 Å². The first-order valence-corrected chi connectivity index (χ1v) is 9.38. The van der Waals surface area contributed by atoms with Gasteiger partial charge in [-0.05, 0) is 24.6 Å². The van der Waals surface area contributed by atoms with Gasteiger partial charge in [0.15, 0.2) is 0 Å². The van der Waals surface area contributed by atoms with Crippen molar-refractivity contribution in [2.24, 2.45) is 0 Å². The number of ether oxygens (including phenoxy) is 1. The second kappa shape index (κ2) is 6.34. The van der Waals surface area contributed by atoms with Gasteiger partial charge in [0.2, 0.25) is 10.0 Å². The third-order valence-electron chi connectivity index (χ3n) is 4.12. The molecule has 1 aromatic rings. The molecule has 0 aliphatic carbocycles. The fraction of sp³-hybridized carbons (Fsp3) is 0.571. The quantitative estimate of drug-likeness (QED) is 0.805. The highest BCUT2D eigenvalue weighted by Crippen LogP contribution is 2.25. The van der Waals surface area contributed by atoms with Crippen molar-refractivity contribution < 1.29 is 13.2 Å². The molecule has 5 nitrogen and oxygen atoms in total. The summed E-state index contributed by atoms with van der Waals surface area (Å²) in [6, 6.07) is 7.22. The zero-order valence-corrected chi connectivity index (χ0v) is 14.1. The summed E-state index contributed by atoms with van der Waals surface area (Å²) in [7, 11) is -3.39. The van der Waals surface area contributed by atoms with Gasteiger partial charge in [-0.25, -0.2) is 8.42 Å². The molecule has 7 heteroatoms. The van der Waals surface area contributed by atoms with Crippen LogP contribution in [-0.4, -0.2) is 63.1 Å². The molecule has 0 saturated carbocycles. The molecular formula is C14H19BrN2O3S. The van der Waals surface area contributed by atoms with Crippen LogP contribution in [0.25, 0.3) is 0 Å². The van der Waals surface area contributed by atoms with Crippen LogP contribution in [0.1, 0.15) is 6.42 Å². The molecule has 3 rings (SSSR count). The van der Waals surface area contributed by atoms with Gasteiger partial charge in [0.25, 0.3) is 0 Å². The molecule has 2 aliphatic rings. The van der Waals surface area contributed by atoms with Crippen molar-refractivity contribution in [2.75, 3.05) is 39.4 Å². The topological polar surface area (TPSA) is 49.9 Å². The lowest BCUT2D eigenvalue weighted by Crippen LogP contribution is -2.45. The first-order valence-electron chi connectivity index (χ1n) is 7.15. The summed E-state index contributed by atoms with van der Waals surface area (Å²) < 4.78 is 33.1. The summed E-state index contributed by atoms with van der Waals surface area (Å²) in [5.41, 5.74) is 0. The fourth-order valence-corrected chi connectivity index (χ4v) is 5.04. The summed E-state index contributed by atoms with van der Waals surface area (Å²) in [6.45, 7) is 4.46. The maximum absolute atomic E-state index is 12.7. The predicted octanol–water partition coefficient (Wildman–Crippen LogP) is 1.54. The highest BCUT2D eigenvalue weighted by molar-refractivity contribution is 9.10. The molecule has 0 radical (unpaired) electrons. The molecule has 0 spiro atoms. The van der Waals surface area contributed by atoms with Crippen molar-refractivity contribution in [1.29, 1.82) is 0 Å². The Labute approximate surface area is 134 Å². The van der Waals surface area contributed by atoms with E-state index in [-0.39, 0.29) is 0 Å². The van der Waals surface area contributed by atoms with Gasteiger partial charge in [-0.15, -0.1) is 0 Å². The summed E-state index contributed by atoms with van der Waals surface area (Å²) in [4.78, 5) is 2.71. The molecule has 2 fully saturated rings. The summed E-state index contributed by atoms with van der Waals surface area (Å²) in [6.07, 6.45) is 0.896. The molecule has 2 saturated heterocycles. The number of morpholine rings is 1. The Morgan fingerprint density at radius 2 is 1.95 bits per heavy atom. The number of nitrogens with zero attached hydrogens (tertiary/aromatic N) is 2. The minimum atomic E-state index is -3.39. The summed E-state index contributed by atoms with van der Waals surface area (Å²) >= 11 is 3.33. The van der Waals surface area contributed by atoms with Crippen molar-refractivity contribution in [3.05, 3.63) is 28.7 Å². The van der Waals surface area contributed by atoms with Crippen LogP contribution in [0.5, 0.6) is 0 Å². The van der Waals surface area contributed by atoms with E-state index in [2.05, 4.69) is 20.8 Å². The molecule has 1 aromatic carbocycles. The van der Waals surface area contributed by atoms with Crippen molar-refractivity contribution in [3.8, 4) is 0 Å². The van der Waals surface area contributed by atoms with Crippen molar-refractivity contribution in [1.82, 2.24) is 9.21 Å². The molecule has 2 aliphatic heterocycles. The highest BCUT2D eigenvalue weighted by Gasteiger charge is 2.35. The Morgan fingerprint density at radius 1 is 1.19 bits per heavy atom. The van der Waals surface area contributed by atoms with E-state index >= 15 is 0 Å². The van der Waals surface area contributed by atoms with Gasteiger partial charge in [0.1, 0.15) is 0 Å². The highest BCUT2D eigenvalue weighted by atomic mass is 79.9. The van der Waals surface area contributed by atoms with Gasteiger partial charge in [-0.2, -0.15) is 4.31 Å². The Hall–Kier alpha value is -0.470. The molecule has 0 amide bonds. The van der Waals surface area contributed by atoms with Crippen LogP contribution < -0.4 is 0 Å². The lowest BCUT2D eigenvalue weighted by atomic mass is 10.2. The minimum absolute atomic E-state index is 0.316. The van der Waals surface area contributed by atoms with E-state index in [0.29, 0.717) is 24.0 Å². The number of benzene rings is 1. The molecule has 2 heterocycles. The van der Waals surface area contributed by atoms with Crippen LogP contribution in [0.2, 0.25) is 0 Å². The molecule has 1 unspecified atom stereocenters. The zero-order valence-electron chi connectivity index (χ0n) is 11.7. The number of rotatable bonds is 3. The van der Waals surface area contributed by atoms with E-state index < -0.39 is 10.0 Å². The van der Waals surface area contributed by atoms with Crippen LogP contribution in [0.3, 0.4) is 0 Å². The van der Waals surface area contributed by atoms with Crippen molar-refractivity contribution in [3.63, 3.8) is 0 Å². The van der Waals surface area contributed by atoms with E-state index in [1.54, 1.807) is 22.5 Å². The number of hydrogen-bond donors (Lipinski definition) is 0. The zero-order chi connectivity index (χ0) is 14.9. The second-order valence-corrected chi connectivity index (χ2v) is 8.26. The number of halogens is 1. The van der Waals surface area contributed by atoms with Gasteiger partial charge in [0.05, 0.1) is 18.1 Å². The third kappa shape index (κ3) is 3.32. The molecule has 0 aromatic heterocycles. The van der Waals surface area contributed by atoms with Crippen LogP contribution in [0.4, 0.5) is 0 Å². The molecule has 1 atom stereocenters. The molecular weight excluding hydrogens is 356 g/mol. The minimum Gasteiger partial charge on any atom is -0.379 e. The summed E-state index contributed by atoms with van der Waals surface area (Å²) in [5.74, 6) is 0. The Kier molecular flexibility index (Phi) is 4.66. The lowest BCUT2D eigenvalue weighted by Gasteiger charge is -2.32. The van der Waals surface area contributed by atoms with Gasteiger partial charge in [0, 0.05) is 36.7 Å². The summed E-state index contributed by atoms with van der Waals surface area (Å²) in [5, 5.41) is 0. The maximum atomic E-state index is 12.7. The molecule has 21 heavy (non-hydrogen) atoms. The fourth-order valence-electron chi connectivity index (χ4n) is 2.95. The normalized spacial score (nSPS) is 25.3. The maximum Gasteiger partial charge on any atom is 0.243 e. The van der Waals surface area contributed by atoms with E-state index in [0.717, 1.165) is 37.2 Å².